The third-order valence-corrected chi connectivity index (χ3v) is 3.78. The van der Waals surface area contributed by atoms with Crippen molar-refractivity contribution in [2.45, 2.75) is 6.92 Å². The molecule has 2 amide bonds. The minimum atomic E-state index is -0.0575. The van der Waals surface area contributed by atoms with Crippen LogP contribution in [0, 0.1) is 6.92 Å². The van der Waals surface area contributed by atoms with Gasteiger partial charge in [0.2, 0.25) is 0 Å². The van der Waals surface area contributed by atoms with Crippen LogP contribution in [-0.2, 0) is 0 Å². The first-order valence-corrected chi connectivity index (χ1v) is 7.18. The van der Waals surface area contributed by atoms with Gasteiger partial charge in [0.1, 0.15) is 6.26 Å². The summed E-state index contributed by atoms with van der Waals surface area (Å²) in [5.74, 6) is -0.0965. The molecule has 6 nitrogen and oxygen atoms in total. The first-order valence-electron chi connectivity index (χ1n) is 7.18. The van der Waals surface area contributed by atoms with E-state index in [0.29, 0.717) is 37.3 Å². The van der Waals surface area contributed by atoms with Crippen molar-refractivity contribution in [3.05, 3.63) is 53.7 Å². The minimum absolute atomic E-state index is 0.0390. The van der Waals surface area contributed by atoms with E-state index in [9.17, 15) is 9.59 Å². The fourth-order valence-electron chi connectivity index (χ4n) is 2.46. The van der Waals surface area contributed by atoms with Crippen LogP contribution in [-0.4, -0.2) is 52.8 Å². The van der Waals surface area contributed by atoms with E-state index in [2.05, 4.69) is 4.98 Å². The summed E-state index contributed by atoms with van der Waals surface area (Å²) >= 11 is 0. The molecule has 0 aliphatic carbocycles. The molecule has 114 valence electrons. The number of piperazine rings is 1. The van der Waals surface area contributed by atoms with Crippen LogP contribution in [0.4, 0.5) is 0 Å². The van der Waals surface area contributed by atoms with Gasteiger partial charge in [-0.1, -0.05) is 0 Å². The van der Waals surface area contributed by atoms with Gasteiger partial charge in [-0.05, 0) is 25.1 Å². The largest absolute Gasteiger partial charge is 0.472 e. The maximum absolute atomic E-state index is 12.4. The van der Waals surface area contributed by atoms with Crippen molar-refractivity contribution in [2.24, 2.45) is 0 Å². The monoisotopic (exact) mass is 299 g/mol. The number of hydrogen-bond donors (Lipinski definition) is 0. The highest BCUT2D eigenvalue weighted by atomic mass is 16.3. The summed E-state index contributed by atoms with van der Waals surface area (Å²) in [7, 11) is 0. The van der Waals surface area contributed by atoms with E-state index in [1.165, 1.54) is 12.5 Å². The van der Waals surface area contributed by atoms with Crippen molar-refractivity contribution in [2.75, 3.05) is 26.2 Å². The molecule has 1 saturated heterocycles. The number of aryl methyl sites for hydroxylation is 1. The maximum atomic E-state index is 12.4. The van der Waals surface area contributed by atoms with E-state index in [1.807, 2.05) is 13.0 Å². The Kier molecular flexibility index (Phi) is 3.91. The third kappa shape index (κ3) is 2.86. The zero-order valence-electron chi connectivity index (χ0n) is 12.4. The van der Waals surface area contributed by atoms with Crippen LogP contribution in [0.25, 0.3) is 0 Å². The Morgan fingerprint density at radius 3 is 2.14 bits per heavy atom. The molecular weight excluding hydrogens is 282 g/mol. The Morgan fingerprint density at radius 2 is 1.64 bits per heavy atom. The van der Waals surface area contributed by atoms with Crippen molar-refractivity contribution in [1.82, 2.24) is 14.8 Å². The summed E-state index contributed by atoms with van der Waals surface area (Å²) in [6, 6.07) is 5.26. The molecule has 0 bridgehead atoms. The molecule has 6 heteroatoms. The molecule has 0 atom stereocenters. The smallest absolute Gasteiger partial charge is 0.257 e. The van der Waals surface area contributed by atoms with Gasteiger partial charge in [0.15, 0.2) is 0 Å². The first kappa shape index (κ1) is 14.3. The Morgan fingerprint density at radius 1 is 1.00 bits per heavy atom. The lowest BCUT2D eigenvalue weighted by molar-refractivity contribution is 0.0535. The molecule has 0 aromatic carbocycles. The summed E-state index contributed by atoms with van der Waals surface area (Å²) in [6.07, 6.45) is 4.52. The van der Waals surface area contributed by atoms with Crippen LogP contribution < -0.4 is 0 Å². The average Bonchev–Trinajstić information content (AvgIpc) is 3.09. The Bertz CT molecular complexity index is 656. The van der Waals surface area contributed by atoms with Gasteiger partial charge < -0.3 is 14.2 Å². The molecule has 0 spiro atoms. The fourth-order valence-corrected chi connectivity index (χ4v) is 2.46. The standard InChI is InChI=1S/C16H17N3O3/c1-12-2-3-13(10-17-12)15(20)18-5-7-19(8-6-18)16(21)14-4-9-22-11-14/h2-4,9-11H,5-8H2,1H3. The number of carbonyl (C=O) groups is 2. The molecule has 0 unspecified atom stereocenters. The lowest BCUT2D eigenvalue weighted by atomic mass is 10.2. The molecule has 2 aromatic rings. The molecule has 22 heavy (non-hydrogen) atoms. The third-order valence-electron chi connectivity index (χ3n) is 3.78. The topological polar surface area (TPSA) is 66.7 Å². The quantitative estimate of drug-likeness (QED) is 0.844. The van der Waals surface area contributed by atoms with Crippen molar-refractivity contribution in [3.8, 4) is 0 Å². The number of rotatable bonds is 2. The summed E-state index contributed by atoms with van der Waals surface area (Å²) in [4.78, 5) is 32.2. The van der Waals surface area contributed by atoms with E-state index in [1.54, 1.807) is 28.1 Å². The molecule has 2 aromatic heterocycles. The van der Waals surface area contributed by atoms with E-state index in [-0.39, 0.29) is 11.8 Å². The zero-order chi connectivity index (χ0) is 15.5. The molecule has 3 rings (SSSR count). The summed E-state index contributed by atoms with van der Waals surface area (Å²) in [6.45, 7) is 3.98. The van der Waals surface area contributed by atoms with Crippen molar-refractivity contribution >= 4 is 11.8 Å². The summed E-state index contributed by atoms with van der Waals surface area (Å²) in [5.41, 5.74) is 2.01. The fraction of sp³-hybridized carbons (Fsp3) is 0.312. The van der Waals surface area contributed by atoms with Crippen LogP contribution in [0.2, 0.25) is 0 Å². The number of carbonyl (C=O) groups excluding carboxylic acids is 2. The van der Waals surface area contributed by atoms with E-state index in [0.717, 1.165) is 5.69 Å². The second-order valence-corrected chi connectivity index (χ2v) is 5.28. The minimum Gasteiger partial charge on any atom is -0.472 e. The highest BCUT2D eigenvalue weighted by molar-refractivity contribution is 5.95. The lowest BCUT2D eigenvalue weighted by Gasteiger charge is -2.34. The summed E-state index contributed by atoms with van der Waals surface area (Å²) in [5, 5.41) is 0. The van der Waals surface area contributed by atoms with Crippen molar-refractivity contribution in [1.29, 1.82) is 0 Å². The van der Waals surface area contributed by atoms with Gasteiger partial charge in [0, 0.05) is 38.1 Å². The Balaban J connectivity index is 1.60. The van der Waals surface area contributed by atoms with Crippen LogP contribution in [0.15, 0.2) is 41.3 Å². The highest BCUT2D eigenvalue weighted by Crippen LogP contribution is 2.12. The van der Waals surface area contributed by atoms with Crippen molar-refractivity contribution < 1.29 is 14.0 Å². The number of amides is 2. The molecule has 0 N–H and O–H groups in total. The van der Waals surface area contributed by atoms with Crippen LogP contribution in [0.5, 0.6) is 0 Å². The highest BCUT2D eigenvalue weighted by Gasteiger charge is 2.25. The molecular formula is C16H17N3O3. The van der Waals surface area contributed by atoms with Gasteiger partial charge in [0.25, 0.3) is 11.8 Å². The van der Waals surface area contributed by atoms with Crippen molar-refractivity contribution in [3.63, 3.8) is 0 Å². The summed E-state index contributed by atoms with van der Waals surface area (Å²) < 4.78 is 4.93. The second kappa shape index (κ2) is 6.01. The predicted octanol–water partition coefficient (Wildman–Crippen LogP) is 1.58. The number of pyridine rings is 1. The molecule has 1 fully saturated rings. The van der Waals surface area contributed by atoms with Crippen LogP contribution >= 0.6 is 0 Å². The molecule has 0 radical (unpaired) electrons. The van der Waals surface area contributed by atoms with Gasteiger partial charge in [-0.25, -0.2) is 0 Å². The number of furan rings is 1. The average molecular weight is 299 g/mol. The number of hydrogen-bond acceptors (Lipinski definition) is 4. The zero-order valence-corrected chi connectivity index (χ0v) is 12.4. The van der Waals surface area contributed by atoms with E-state index >= 15 is 0 Å². The Labute approximate surface area is 128 Å². The molecule has 1 aliphatic heterocycles. The van der Waals surface area contributed by atoms with Crippen LogP contribution in [0.1, 0.15) is 26.4 Å². The van der Waals surface area contributed by atoms with Gasteiger partial charge in [-0.2, -0.15) is 0 Å². The molecule has 0 saturated carbocycles. The first-order chi connectivity index (χ1) is 10.6. The number of nitrogens with zero attached hydrogens (tertiary/aromatic N) is 3. The SMILES string of the molecule is Cc1ccc(C(=O)N2CCN(C(=O)c3ccoc3)CC2)cn1. The van der Waals surface area contributed by atoms with Gasteiger partial charge in [-0.3, -0.25) is 14.6 Å². The van der Waals surface area contributed by atoms with Gasteiger partial charge in [0.05, 0.1) is 17.4 Å². The lowest BCUT2D eigenvalue weighted by Crippen LogP contribution is -2.50. The Hall–Kier alpha value is -2.63. The molecule has 1 aliphatic rings. The second-order valence-electron chi connectivity index (χ2n) is 5.28. The van der Waals surface area contributed by atoms with E-state index < -0.39 is 0 Å². The van der Waals surface area contributed by atoms with Gasteiger partial charge >= 0.3 is 0 Å². The predicted molar refractivity (Wildman–Crippen MR) is 79.5 cm³/mol. The van der Waals surface area contributed by atoms with E-state index in [4.69, 9.17) is 4.42 Å². The van der Waals surface area contributed by atoms with Gasteiger partial charge in [-0.15, -0.1) is 0 Å². The normalized spacial score (nSPS) is 15.0. The maximum Gasteiger partial charge on any atom is 0.257 e. The molecule has 3 heterocycles. The van der Waals surface area contributed by atoms with Crippen LogP contribution in [0.3, 0.4) is 0 Å². The number of aromatic nitrogens is 1.